The molecule has 0 saturated heterocycles. The van der Waals surface area contributed by atoms with E-state index >= 15 is 0 Å². The predicted octanol–water partition coefficient (Wildman–Crippen LogP) is -0.533. The first-order valence-corrected chi connectivity index (χ1v) is 9.81. The number of rotatable bonds is 0. The maximum atomic E-state index is 8.74. The Hall–Kier alpha value is 3.31. The molecule has 0 aliphatic carbocycles. The zero-order chi connectivity index (χ0) is 8.08. The molecule has 60 valence electrons. The van der Waals surface area contributed by atoms with Crippen LogP contribution in [0.2, 0.25) is 0 Å². The van der Waals surface area contributed by atoms with E-state index in [2.05, 4.69) is 0 Å². The summed E-state index contributed by atoms with van der Waals surface area (Å²) in [7, 11) is 13.9. The van der Waals surface area contributed by atoms with Crippen molar-refractivity contribution in [1.29, 1.82) is 0 Å². The molecule has 0 bridgehead atoms. The summed E-state index contributed by atoms with van der Waals surface area (Å²) in [6.07, 6.45) is 0. The molecule has 2 N–H and O–H groups in total. The zero-order valence-corrected chi connectivity index (χ0v) is 9.07. The molecule has 0 aromatic rings. The van der Waals surface area contributed by atoms with Crippen LogP contribution in [0.3, 0.4) is 0 Å². The number of halogens is 4. The molecular weight excluding hydrogens is 291 g/mol. The fraction of sp³-hybridized carbons (Fsp3) is 0. The molecule has 0 saturated carbocycles. The maximum absolute atomic E-state index is 8.74. The summed E-state index contributed by atoms with van der Waals surface area (Å²) in [5.74, 6) is 0. The van der Waals surface area contributed by atoms with Crippen LogP contribution in [0.1, 0.15) is 0 Å². The van der Waals surface area contributed by atoms with E-state index in [1.54, 1.807) is 0 Å². The quantitative estimate of drug-likeness (QED) is 0.591. The second-order valence-corrected chi connectivity index (χ2v) is 14.2. The third-order valence-corrected chi connectivity index (χ3v) is 0. The fourth-order valence-corrected chi connectivity index (χ4v) is 0. The third kappa shape index (κ3) is 155. The van der Waals surface area contributed by atoms with Crippen LogP contribution in [0, 0.1) is 0 Å². The van der Waals surface area contributed by atoms with Crippen molar-refractivity contribution in [2.75, 3.05) is 0 Å². The van der Waals surface area contributed by atoms with Crippen molar-refractivity contribution in [1.82, 2.24) is 0 Å². The molecule has 0 atom stereocenters. The van der Waals surface area contributed by atoms with Gasteiger partial charge in [0.2, 0.25) is 0 Å². The van der Waals surface area contributed by atoms with Crippen LogP contribution >= 0.6 is 40.2 Å². The van der Waals surface area contributed by atoms with Crippen molar-refractivity contribution in [3.8, 4) is 0 Å². The van der Waals surface area contributed by atoms with Gasteiger partial charge in [-0.15, -0.1) is 0 Å². The first-order chi connectivity index (χ1) is 3.73. The molecule has 0 aromatic heterocycles. The Bertz CT molecular complexity index is 85.8. The normalized spacial score (nSPS) is 7.64. The molecule has 0 aliphatic rings. The molecule has 0 fully saturated rings. The summed E-state index contributed by atoms with van der Waals surface area (Å²) in [5.41, 5.74) is 0. The monoisotopic (exact) mass is 293 g/mol. The fourth-order valence-electron chi connectivity index (χ4n) is 0. The minimum absolute atomic E-state index is 0. The van der Waals surface area contributed by atoms with Crippen LogP contribution in [-0.2, 0) is 4.46 Å². The molecule has 0 spiro atoms. The summed E-state index contributed by atoms with van der Waals surface area (Å²) in [6, 6.07) is 0. The van der Waals surface area contributed by atoms with Crippen LogP contribution < -0.4 is 0 Å². The summed E-state index contributed by atoms with van der Waals surface area (Å²) >= 11 is 0. The number of hydrogen-bond donors (Lipinski definition) is 2. The van der Waals surface area contributed by atoms with Crippen molar-refractivity contribution >= 4 is 118 Å². The van der Waals surface area contributed by atoms with Gasteiger partial charge in [0, 0.05) is 0 Å². The van der Waals surface area contributed by atoms with E-state index in [4.69, 9.17) is 54.2 Å². The first-order valence-electron chi connectivity index (χ1n) is 1.52. The van der Waals surface area contributed by atoms with E-state index in [1.807, 2.05) is 0 Å². The van der Waals surface area contributed by atoms with Crippen molar-refractivity contribution in [3.05, 3.63) is 0 Å². The molecule has 3 nitrogen and oxygen atoms in total. The van der Waals surface area contributed by atoms with Gasteiger partial charge in [-0.1, -0.05) is 0 Å². The van der Waals surface area contributed by atoms with Gasteiger partial charge in [-0.25, -0.2) is 0 Å². The van der Waals surface area contributed by atoms with Gasteiger partial charge in [-0.2, -0.15) is 0 Å². The van der Waals surface area contributed by atoms with Crippen LogP contribution in [0.4, 0.5) is 0 Å². The van der Waals surface area contributed by atoms with Gasteiger partial charge >= 0.3 is 77.7 Å². The molecule has 0 amide bonds. The Kier molecular flexibility index (Phi) is 28.9. The van der Waals surface area contributed by atoms with Gasteiger partial charge in [-0.05, 0) is 0 Å². The molecule has 0 aromatic carbocycles. The molecule has 11 heavy (non-hydrogen) atoms. The Balaban J connectivity index is -0.0000000383. The molecular formula is H4AlCl4Na2O3Si-. The molecule has 0 radical (unpaired) electrons. The van der Waals surface area contributed by atoms with Crippen LogP contribution in [0.5, 0.6) is 0 Å². The first kappa shape index (κ1) is 23.8. The standard InChI is InChI=1S/Al.4ClH.2Na.H2O3Si.2H/c;;;;;;;1-4(2)3;;/h;4*1H;;;1-2H;;/q+3;;;;;;;;;/p-4. The number of hydrogen-bond acceptors (Lipinski definition) is 1. The van der Waals surface area contributed by atoms with Crippen LogP contribution in [0.25, 0.3) is 0 Å². The van der Waals surface area contributed by atoms with Gasteiger partial charge in [-0.3, -0.25) is 4.46 Å². The zero-order valence-electron chi connectivity index (χ0n) is 3.89. The summed E-state index contributed by atoms with van der Waals surface area (Å²) in [6.45, 7) is 0. The third-order valence-electron chi connectivity index (χ3n) is 0. The van der Waals surface area contributed by atoms with E-state index in [0.29, 0.717) is 0 Å². The Morgan fingerprint density at radius 3 is 1.00 bits per heavy atom. The van der Waals surface area contributed by atoms with Gasteiger partial charge in [0.25, 0.3) is 0 Å². The van der Waals surface area contributed by atoms with Gasteiger partial charge in [0.1, 0.15) is 0 Å². The molecule has 0 rings (SSSR count). The topological polar surface area (TPSA) is 57.5 Å². The van der Waals surface area contributed by atoms with Crippen molar-refractivity contribution in [2.24, 2.45) is 0 Å². The van der Waals surface area contributed by atoms with Crippen molar-refractivity contribution in [3.63, 3.8) is 0 Å². The van der Waals surface area contributed by atoms with E-state index in [0.717, 1.165) is 0 Å². The van der Waals surface area contributed by atoms with Gasteiger partial charge in [0.15, 0.2) is 0 Å². The Morgan fingerprint density at radius 2 is 1.00 bits per heavy atom. The van der Waals surface area contributed by atoms with Crippen molar-refractivity contribution < 1.29 is 14.1 Å². The van der Waals surface area contributed by atoms with Crippen molar-refractivity contribution in [2.45, 2.75) is 0 Å². The molecule has 11 heteroatoms. The SMILES string of the molecule is O=[Si](O)O.[Cl][Al-]([Cl])([Cl])[Cl].[NaH].[NaH]. The predicted molar refractivity (Wildman–Crippen MR) is 54.3 cm³/mol. The Labute approximate surface area is 129 Å². The van der Waals surface area contributed by atoms with Crippen LogP contribution in [0.15, 0.2) is 0 Å². The Morgan fingerprint density at radius 1 is 1.00 bits per heavy atom. The molecule has 0 unspecified atom stereocenters. The van der Waals surface area contributed by atoms with E-state index in [9.17, 15) is 0 Å². The average Bonchev–Trinajstić information content (AvgIpc) is 1.19. The summed E-state index contributed by atoms with van der Waals surface area (Å²) < 4.78 is 8.74. The van der Waals surface area contributed by atoms with E-state index in [-0.39, 0.29) is 59.1 Å². The van der Waals surface area contributed by atoms with E-state index in [1.165, 1.54) is 0 Å². The van der Waals surface area contributed by atoms with E-state index < -0.39 is 18.6 Å². The molecule has 0 aliphatic heterocycles. The van der Waals surface area contributed by atoms with Crippen LogP contribution in [-0.4, -0.2) is 87.3 Å². The molecule has 0 heterocycles. The second kappa shape index (κ2) is 13.3. The summed E-state index contributed by atoms with van der Waals surface area (Å²) in [5, 5.41) is 0. The average molecular weight is 295 g/mol. The van der Waals surface area contributed by atoms with Gasteiger partial charge < -0.3 is 49.8 Å². The second-order valence-electron chi connectivity index (χ2n) is 0.777. The summed E-state index contributed by atoms with van der Waals surface area (Å²) in [4.78, 5) is 14.3. The van der Waals surface area contributed by atoms with Gasteiger partial charge in [0.05, 0.1) is 0 Å². The minimum atomic E-state index is -3.13.